The van der Waals surface area contributed by atoms with Crippen LogP contribution in [0.5, 0.6) is 0 Å². The Kier molecular flexibility index (Phi) is 5.23. The third-order valence-electron chi connectivity index (χ3n) is 4.28. The Hall–Kier alpha value is -3.19. The van der Waals surface area contributed by atoms with Gasteiger partial charge in [-0.15, -0.1) is 0 Å². The first-order valence-corrected chi connectivity index (χ1v) is 8.59. The molecule has 3 aromatic rings. The van der Waals surface area contributed by atoms with Gasteiger partial charge in [0.15, 0.2) is 0 Å². The molecule has 0 unspecified atom stereocenters. The van der Waals surface area contributed by atoms with Crippen LogP contribution in [0.15, 0.2) is 48.5 Å². The number of nitrogens with one attached hydrogen (secondary N) is 1. The first kappa shape index (κ1) is 18.6. The SMILES string of the molecule is Cc1nn(-c2ccccc2)c(C)c1CNC(=O)c1ccc([N+](=O)[O-])cc1Cl. The zero-order valence-electron chi connectivity index (χ0n) is 14.8. The number of hydrogen-bond acceptors (Lipinski definition) is 4. The molecule has 27 heavy (non-hydrogen) atoms. The van der Waals surface area contributed by atoms with E-state index < -0.39 is 10.8 Å². The molecule has 1 heterocycles. The van der Waals surface area contributed by atoms with Gasteiger partial charge in [-0.2, -0.15) is 5.10 Å². The maximum atomic E-state index is 12.4. The summed E-state index contributed by atoms with van der Waals surface area (Å²) in [6, 6.07) is 13.5. The fraction of sp³-hybridized carbons (Fsp3) is 0.158. The maximum Gasteiger partial charge on any atom is 0.270 e. The summed E-state index contributed by atoms with van der Waals surface area (Å²) in [5, 5.41) is 18.2. The van der Waals surface area contributed by atoms with E-state index in [9.17, 15) is 14.9 Å². The van der Waals surface area contributed by atoms with E-state index in [2.05, 4.69) is 10.4 Å². The molecule has 0 saturated carbocycles. The highest BCUT2D eigenvalue weighted by atomic mass is 35.5. The van der Waals surface area contributed by atoms with Crippen molar-refractivity contribution < 1.29 is 9.72 Å². The Morgan fingerprint density at radius 1 is 1.22 bits per heavy atom. The Labute approximate surface area is 160 Å². The van der Waals surface area contributed by atoms with E-state index in [1.807, 2.05) is 48.9 Å². The van der Waals surface area contributed by atoms with Crippen LogP contribution in [0.1, 0.15) is 27.3 Å². The average Bonchev–Trinajstić information content (AvgIpc) is 2.94. The molecule has 8 heteroatoms. The lowest BCUT2D eigenvalue weighted by Gasteiger charge is -2.08. The first-order chi connectivity index (χ1) is 12.9. The van der Waals surface area contributed by atoms with Gasteiger partial charge in [0.1, 0.15) is 0 Å². The lowest BCUT2D eigenvalue weighted by Crippen LogP contribution is -2.23. The van der Waals surface area contributed by atoms with Crippen LogP contribution in [-0.2, 0) is 6.54 Å². The van der Waals surface area contributed by atoms with Gasteiger partial charge in [0.2, 0.25) is 0 Å². The lowest BCUT2D eigenvalue weighted by atomic mass is 10.1. The summed E-state index contributed by atoms with van der Waals surface area (Å²) in [6.45, 7) is 4.09. The van der Waals surface area contributed by atoms with Crippen molar-refractivity contribution in [3.05, 3.63) is 86.2 Å². The molecule has 0 saturated heterocycles. The Morgan fingerprint density at radius 2 is 1.93 bits per heavy atom. The molecule has 0 atom stereocenters. The highest BCUT2D eigenvalue weighted by Gasteiger charge is 2.17. The van der Waals surface area contributed by atoms with Crippen LogP contribution >= 0.6 is 11.6 Å². The minimum absolute atomic E-state index is 0.0372. The van der Waals surface area contributed by atoms with E-state index in [1.165, 1.54) is 18.2 Å². The van der Waals surface area contributed by atoms with Gasteiger partial charge in [0.25, 0.3) is 11.6 Å². The fourth-order valence-electron chi connectivity index (χ4n) is 2.82. The van der Waals surface area contributed by atoms with E-state index in [1.54, 1.807) is 0 Å². The summed E-state index contributed by atoms with van der Waals surface area (Å²) in [4.78, 5) is 22.6. The number of rotatable bonds is 5. The number of nitrogens with zero attached hydrogens (tertiary/aromatic N) is 3. The number of nitro groups is 1. The van der Waals surface area contributed by atoms with Crippen LogP contribution in [0.2, 0.25) is 5.02 Å². The molecule has 3 rings (SSSR count). The Bertz CT molecular complexity index is 1020. The average molecular weight is 385 g/mol. The summed E-state index contributed by atoms with van der Waals surface area (Å²) in [5.41, 5.74) is 3.61. The maximum absolute atomic E-state index is 12.4. The topological polar surface area (TPSA) is 90.1 Å². The summed E-state index contributed by atoms with van der Waals surface area (Å²) in [5.74, 6) is -0.402. The lowest BCUT2D eigenvalue weighted by molar-refractivity contribution is -0.384. The number of hydrogen-bond donors (Lipinski definition) is 1. The molecule has 1 N–H and O–H groups in total. The van der Waals surface area contributed by atoms with Crippen LogP contribution in [0.3, 0.4) is 0 Å². The monoisotopic (exact) mass is 384 g/mol. The Morgan fingerprint density at radius 3 is 2.56 bits per heavy atom. The van der Waals surface area contributed by atoms with Crippen molar-refractivity contribution in [2.45, 2.75) is 20.4 Å². The molecule has 0 aliphatic carbocycles. The van der Waals surface area contributed by atoms with Crippen molar-refractivity contribution in [3.63, 3.8) is 0 Å². The van der Waals surface area contributed by atoms with Gasteiger partial charge < -0.3 is 5.32 Å². The number of non-ortho nitro benzene ring substituents is 1. The second-order valence-corrected chi connectivity index (χ2v) is 6.41. The van der Waals surface area contributed by atoms with Crippen molar-refractivity contribution in [1.29, 1.82) is 0 Å². The van der Waals surface area contributed by atoms with Crippen molar-refractivity contribution in [3.8, 4) is 5.69 Å². The van der Waals surface area contributed by atoms with E-state index >= 15 is 0 Å². The smallest absolute Gasteiger partial charge is 0.270 e. The largest absolute Gasteiger partial charge is 0.348 e. The van der Waals surface area contributed by atoms with Crippen LogP contribution in [0.4, 0.5) is 5.69 Å². The van der Waals surface area contributed by atoms with Crippen molar-refractivity contribution >= 4 is 23.2 Å². The number of benzene rings is 2. The molecule has 0 fully saturated rings. The minimum Gasteiger partial charge on any atom is -0.348 e. The van der Waals surface area contributed by atoms with E-state index in [0.29, 0.717) is 0 Å². The predicted octanol–water partition coefficient (Wildman–Crippen LogP) is 3.98. The van der Waals surface area contributed by atoms with Crippen LogP contribution in [0.25, 0.3) is 5.69 Å². The first-order valence-electron chi connectivity index (χ1n) is 8.21. The summed E-state index contributed by atoms with van der Waals surface area (Å²) >= 11 is 6.02. The highest BCUT2D eigenvalue weighted by Crippen LogP contribution is 2.23. The van der Waals surface area contributed by atoms with Gasteiger partial charge in [0.05, 0.1) is 26.9 Å². The third-order valence-corrected chi connectivity index (χ3v) is 4.59. The van der Waals surface area contributed by atoms with Gasteiger partial charge >= 0.3 is 0 Å². The zero-order valence-corrected chi connectivity index (χ0v) is 15.5. The molecule has 1 aromatic heterocycles. The van der Waals surface area contributed by atoms with Gasteiger partial charge in [-0.25, -0.2) is 4.68 Å². The third kappa shape index (κ3) is 3.83. The zero-order chi connectivity index (χ0) is 19.6. The van der Waals surface area contributed by atoms with Crippen molar-refractivity contribution in [1.82, 2.24) is 15.1 Å². The number of carbonyl (C=O) groups is 1. The standard InChI is InChI=1S/C19H17ClN4O3/c1-12-17(13(2)23(22-12)14-6-4-3-5-7-14)11-21-19(25)16-9-8-15(24(26)27)10-18(16)20/h3-10H,11H2,1-2H3,(H,21,25). The van der Waals surface area contributed by atoms with Gasteiger partial charge in [0, 0.05) is 29.9 Å². The van der Waals surface area contributed by atoms with E-state index in [-0.39, 0.29) is 22.8 Å². The molecule has 2 aromatic carbocycles. The van der Waals surface area contributed by atoms with Crippen LogP contribution in [-0.4, -0.2) is 20.6 Å². The second kappa shape index (κ2) is 7.59. The molecule has 138 valence electrons. The molecule has 0 spiro atoms. The van der Waals surface area contributed by atoms with E-state index in [0.717, 1.165) is 22.6 Å². The van der Waals surface area contributed by atoms with Crippen LogP contribution < -0.4 is 5.32 Å². The molecular formula is C19H17ClN4O3. The number of para-hydroxylation sites is 1. The molecule has 7 nitrogen and oxygen atoms in total. The predicted molar refractivity (Wildman–Crippen MR) is 102 cm³/mol. The highest BCUT2D eigenvalue weighted by molar-refractivity contribution is 6.34. The van der Waals surface area contributed by atoms with E-state index in [4.69, 9.17) is 11.6 Å². The quantitative estimate of drug-likeness (QED) is 0.532. The molecule has 1 amide bonds. The summed E-state index contributed by atoms with van der Waals surface area (Å²) in [7, 11) is 0. The Balaban J connectivity index is 1.78. The minimum atomic E-state index is -0.557. The molecule has 0 bridgehead atoms. The fourth-order valence-corrected chi connectivity index (χ4v) is 3.08. The number of aryl methyl sites for hydroxylation is 1. The van der Waals surface area contributed by atoms with Gasteiger partial charge in [-0.05, 0) is 32.0 Å². The molecule has 0 aliphatic heterocycles. The summed E-state index contributed by atoms with van der Waals surface area (Å²) < 4.78 is 1.83. The molecule has 0 radical (unpaired) electrons. The number of aromatic nitrogens is 2. The number of nitro benzene ring substituents is 1. The van der Waals surface area contributed by atoms with Crippen molar-refractivity contribution in [2.75, 3.05) is 0 Å². The number of halogens is 1. The normalized spacial score (nSPS) is 10.6. The van der Waals surface area contributed by atoms with Crippen molar-refractivity contribution in [2.24, 2.45) is 0 Å². The number of carbonyl (C=O) groups excluding carboxylic acids is 1. The van der Waals surface area contributed by atoms with Crippen LogP contribution in [0, 0.1) is 24.0 Å². The molecular weight excluding hydrogens is 368 g/mol. The second-order valence-electron chi connectivity index (χ2n) is 6.00. The van der Waals surface area contributed by atoms with Gasteiger partial charge in [-0.3, -0.25) is 14.9 Å². The molecule has 0 aliphatic rings. The van der Waals surface area contributed by atoms with Gasteiger partial charge in [-0.1, -0.05) is 29.8 Å². The summed E-state index contributed by atoms with van der Waals surface area (Å²) in [6.07, 6.45) is 0. The number of amides is 1.